The van der Waals surface area contributed by atoms with Crippen molar-refractivity contribution in [2.24, 2.45) is 0 Å². The summed E-state index contributed by atoms with van der Waals surface area (Å²) in [5, 5.41) is 6.24. The van der Waals surface area contributed by atoms with Crippen molar-refractivity contribution in [1.82, 2.24) is 10.6 Å². The predicted molar refractivity (Wildman–Crippen MR) is 76.2 cm³/mol. The van der Waals surface area contributed by atoms with Crippen LogP contribution in [0.2, 0.25) is 0 Å². The molecule has 0 unspecified atom stereocenters. The van der Waals surface area contributed by atoms with Crippen LogP contribution < -0.4 is 10.6 Å². The van der Waals surface area contributed by atoms with E-state index in [0.717, 1.165) is 25.1 Å². The van der Waals surface area contributed by atoms with Gasteiger partial charge in [0, 0.05) is 19.5 Å². The van der Waals surface area contributed by atoms with Crippen molar-refractivity contribution in [3.05, 3.63) is 59.5 Å². The minimum Gasteiger partial charge on any atom is -0.469 e. The molecule has 0 fully saturated rings. The third-order valence-corrected chi connectivity index (χ3v) is 3.65. The maximum Gasteiger partial charge on any atom is 0.237 e. The summed E-state index contributed by atoms with van der Waals surface area (Å²) in [4.78, 5) is 12.1. The molecule has 20 heavy (non-hydrogen) atoms. The molecule has 1 aromatic carbocycles. The van der Waals surface area contributed by atoms with Crippen molar-refractivity contribution < 1.29 is 9.21 Å². The fourth-order valence-electron chi connectivity index (χ4n) is 2.53. The predicted octanol–water partition coefficient (Wildman–Crippen LogP) is 1.65. The van der Waals surface area contributed by atoms with E-state index in [2.05, 4.69) is 22.8 Å². The molecule has 2 aromatic rings. The first-order valence-corrected chi connectivity index (χ1v) is 6.93. The highest BCUT2D eigenvalue weighted by Gasteiger charge is 2.23. The number of hydrogen-bond donors (Lipinski definition) is 2. The Kier molecular flexibility index (Phi) is 3.83. The summed E-state index contributed by atoms with van der Waals surface area (Å²) < 4.78 is 5.24. The highest BCUT2D eigenvalue weighted by molar-refractivity contribution is 5.82. The summed E-state index contributed by atoms with van der Waals surface area (Å²) in [5.74, 6) is 0.957. The van der Waals surface area contributed by atoms with Crippen LogP contribution in [0.3, 0.4) is 0 Å². The fourth-order valence-corrected chi connectivity index (χ4v) is 2.53. The number of hydrogen-bond acceptors (Lipinski definition) is 3. The molecule has 2 N–H and O–H groups in total. The second-order valence-electron chi connectivity index (χ2n) is 5.03. The maximum atomic E-state index is 12.1. The third-order valence-electron chi connectivity index (χ3n) is 3.65. The number of rotatable bonds is 4. The van der Waals surface area contributed by atoms with Crippen molar-refractivity contribution >= 4 is 5.91 Å². The lowest BCUT2D eigenvalue weighted by Gasteiger charge is -2.25. The molecule has 1 amide bonds. The Labute approximate surface area is 118 Å². The number of furan rings is 1. The van der Waals surface area contributed by atoms with Crippen molar-refractivity contribution in [3.63, 3.8) is 0 Å². The fraction of sp³-hybridized carbons (Fsp3) is 0.312. The van der Waals surface area contributed by atoms with Gasteiger partial charge >= 0.3 is 0 Å². The smallest absolute Gasteiger partial charge is 0.237 e. The van der Waals surface area contributed by atoms with Crippen LogP contribution in [0, 0.1) is 0 Å². The summed E-state index contributed by atoms with van der Waals surface area (Å²) in [6, 6.07) is 11.9. The molecule has 0 saturated heterocycles. The SMILES string of the molecule is O=C(NCCc1ccco1)[C@H]1Cc2ccccc2CN1. The lowest BCUT2D eigenvalue weighted by Crippen LogP contribution is -2.48. The van der Waals surface area contributed by atoms with Gasteiger partial charge in [-0.25, -0.2) is 0 Å². The van der Waals surface area contributed by atoms with Crippen LogP contribution in [0.4, 0.5) is 0 Å². The van der Waals surface area contributed by atoms with Crippen molar-refractivity contribution in [3.8, 4) is 0 Å². The van der Waals surface area contributed by atoms with E-state index in [9.17, 15) is 4.79 Å². The number of carbonyl (C=O) groups is 1. The Morgan fingerprint density at radius 3 is 2.90 bits per heavy atom. The second-order valence-corrected chi connectivity index (χ2v) is 5.03. The molecule has 1 atom stereocenters. The second kappa shape index (κ2) is 5.92. The van der Waals surface area contributed by atoms with Crippen molar-refractivity contribution in [1.29, 1.82) is 0 Å². The van der Waals surface area contributed by atoms with Gasteiger partial charge in [0.05, 0.1) is 12.3 Å². The van der Waals surface area contributed by atoms with Gasteiger partial charge in [0.1, 0.15) is 5.76 Å². The Morgan fingerprint density at radius 1 is 1.25 bits per heavy atom. The van der Waals surface area contributed by atoms with Crippen LogP contribution in [0.1, 0.15) is 16.9 Å². The Morgan fingerprint density at radius 2 is 2.10 bits per heavy atom. The molecular weight excluding hydrogens is 252 g/mol. The number of nitrogens with one attached hydrogen (secondary N) is 2. The molecule has 4 nitrogen and oxygen atoms in total. The van der Waals surface area contributed by atoms with E-state index in [1.165, 1.54) is 11.1 Å². The first-order valence-electron chi connectivity index (χ1n) is 6.93. The Bertz CT molecular complexity index is 578. The maximum absolute atomic E-state index is 12.1. The summed E-state index contributed by atoms with van der Waals surface area (Å²) in [6.45, 7) is 1.36. The van der Waals surface area contributed by atoms with Gasteiger partial charge in [0.2, 0.25) is 5.91 Å². The molecule has 0 bridgehead atoms. The molecule has 1 aliphatic rings. The largest absolute Gasteiger partial charge is 0.469 e. The van der Waals surface area contributed by atoms with Crippen LogP contribution in [0.25, 0.3) is 0 Å². The molecule has 1 aromatic heterocycles. The van der Waals surface area contributed by atoms with E-state index in [4.69, 9.17) is 4.42 Å². The molecule has 0 spiro atoms. The van der Waals surface area contributed by atoms with E-state index in [-0.39, 0.29) is 11.9 Å². The lowest BCUT2D eigenvalue weighted by atomic mass is 9.95. The van der Waals surface area contributed by atoms with Crippen LogP contribution in [-0.2, 0) is 24.2 Å². The first kappa shape index (κ1) is 12.9. The molecule has 104 valence electrons. The van der Waals surface area contributed by atoms with Gasteiger partial charge < -0.3 is 15.1 Å². The zero-order valence-electron chi connectivity index (χ0n) is 11.3. The standard InChI is InChI=1S/C16H18N2O2/c19-16(17-8-7-14-6-3-9-20-14)15-10-12-4-1-2-5-13(12)11-18-15/h1-6,9,15,18H,7-8,10-11H2,(H,17,19)/t15-/m1/s1. The summed E-state index contributed by atoms with van der Waals surface area (Å²) in [6.07, 6.45) is 3.13. The number of amides is 1. The molecule has 2 heterocycles. The van der Waals surface area contributed by atoms with Gasteiger partial charge in [-0.2, -0.15) is 0 Å². The van der Waals surface area contributed by atoms with E-state index < -0.39 is 0 Å². The number of fused-ring (bicyclic) bond motifs is 1. The summed E-state index contributed by atoms with van der Waals surface area (Å²) in [7, 11) is 0. The Hall–Kier alpha value is -2.07. The summed E-state index contributed by atoms with van der Waals surface area (Å²) in [5.41, 5.74) is 2.55. The quantitative estimate of drug-likeness (QED) is 0.888. The zero-order chi connectivity index (χ0) is 13.8. The van der Waals surface area contributed by atoms with Gasteiger partial charge in [0.15, 0.2) is 0 Å². The molecule has 0 saturated carbocycles. The summed E-state index contributed by atoms with van der Waals surface area (Å²) >= 11 is 0. The van der Waals surface area contributed by atoms with Crippen LogP contribution in [0.15, 0.2) is 47.1 Å². The molecule has 0 radical (unpaired) electrons. The minimum atomic E-state index is -0.137. The van der Waals surface area contributed by atoms with Gasteiger partial charge in [-0.3, -0.25) is 4.79 Å². The topological polar surface area (TPSA) is 54.3 Å². The van der Waals surface area contributed by atoms with Gasteiger partial charge in [-0.1, -0.05) is 24.3 Å². The Balaban J connectivity index is 1.51. The molecule has 1 aliphatic heterocycles. The monoisotopic (exact) mass is 270 g/mol. The van der Waals surface area contributed by atoms with Crippen molar-refractivity contribution in [2.75, 3.05) is 6.54 Å². The van der Waals surface area contributed by atoms with E-state index in [1.807, 2.05) is 24.3 Å². The van der Waals surface area contributed by atoms with Crippen LogP contribution in [-0.4, -0.2) is 18.5 Å². The lowest BCUT2D eigenvalue weighted by molar-refractivity contribution is -0.123. The van der Waals surface area contributed by atoms with Crippen molar-refractivity contribution in [2.45, 2.75) is 25.4 Å². The van der Waals surface area contributed by atoms with Gasteiger partial charge in [-0.05, 0) is 29.7 Å². The van der Waals surface area contributed by atoms with E-state index in [1.54, 1.807) is 6.26 Å². The molecule has 0 aliphatic carbocycles. The van der Waals surface area contributed by atoms with Crippen LogP contribution >= 0.6 is 0 Å². The van der Waals surface area contributed by atoms with Gasteiger partial charge in [0.25, 0.3) is 0 Å². The molecule has 3 rings (SSSR count). The minimum absolute atomic E-state index is 0.0612. The number of carbonyl (C=O) groups excluding carboxylic acids is 1. The van der Waals surface area contributed by atoms with Crippen LogP contribution in [0.5, 0.6) is 0 Å². The van der Waals surface area contributed by atoms with E-state index in [0.29, 0.717) is 6.54 Å². The average molecular weight is 270 g/mol. The molecule has 4 heteroatoms. The molecular formula is C16H18N2O2. The zero-order valence-corrected chi connectivity index (χ0v) is 11.3. The average Bonchev–Trinajstić information content (AvgIpc) is 3.00. The number of benzene rings is 1. The third kappa shape index (κ3) is 2.91. The van der Waals surface area contributed by atoms with Gasteiger partial charge in [-0.15, -0.1) is 0 Å². The van der Waals surface area contributed by atoms with E-state index >= 15 is 0 Å². The highest BCUT2D eigenvalue weighted by Crippen LogP contribution is 2.16. The normalized spacial score (nSPS) is 17.5. The first-order chi connectivity index (χ1) is 9.83. The highest BCUT2D eigenvalue weighted by atomic mass is 16.3.